The third kappa shape index (κ3) is 4.47. The highest BCUT2D eigenvalue weighted by molar-refractivity contribution is 5.73. The predicted molar refractivity (Wildman–Crippen MR) is 82.8 cm³/mol. The molecule has 3 unspecified atom stereocenters. The van der Waals surface area contributed by atoms with Crippen LogP contribution in [0.5, 0.6) is 0 Å². The van der Waals surface area contributed by atoms with E-state index in [1.165, 1.54) is 12.1 Å². The first-order valence-corrected chi connectivity index (χ1v) is 7.87. The van der Waals surface area contributed by atoms with Gasteiger partial charge in [-0.3, -0.25) is 4.79 Å². The zero-order valence-electron chi connectivity index (χ0n) is 13.7. The molecule has 1 saturated heterocycles. The second-order valence-corrected chi connectivity index (χ2v) is 6.35. The number of carbonyl (C=O) groups excluding carboxylic acids is 1. The van der Waals surface area contributed by atoms with Crippen molar-refractivity contribution in [2.45, 2.75) is 45.5 Å². The van der Waals surface area contributed by atoms with Gasteiger partial charge in [-0.15, -0.1) is 0 Å². The smallest absolute Gasteiger partial charge is 0.343 e. The summed E-state index contributed by atoms with van der Waals surface area (Å²) in [5, 5.41) is 3.48. The van der Waals surface area contributed by atoms with Crippen molar-refractivity contribution in [3.63, 3.8) is 0 Å². The van der Waals surface area contributed by atoms with Crippen LogP contribution in [0.4, 0.5) is 13.2 Å². The van der Waals surface area contributed by atoms with Gasteiger partial charge < -0.3 is 10.2 Å². The summed E-state index contributed by atoms with van der Waals surface area (Å²) in [6, 6.07) is 5.51. The maximum Gasteiger partial charge on any atom is 0.416 e. The van der Waals surface area contributed by atoms with Crippen molar-refractivity contribution in [1.29, 1.82) is 0 Å². The molecule has 1 N–H and O–H groups in total. The van der Waals surface area contributed by atoms with Gasteiger partial charge in [0, 0.05) is 32.1 Å². The number of carbonyl (C=O) groups is 1. The highest BCUT2D eigenvalue weighted by Gasteiger charge is 2.31. The van der Waals surface area contributed by atoms with Gasteiger partial charge in [0.05, 0.1) is 5.56 Å². The fourth-order valence-electron chi connectivity index (χ4n) is 3.06. The summed E-state index contributed by atoms with van der Waals surface area (Å²) in [5.41, 5.74) is 0.204. The van der Waals surface area contributed by atoms with Crippen LogP contribution in [0, 0.1) is 5.92 Å². The number of hydrogen-bond donors (Lipinski definition) is 1. The molecule has 1 amide bonds. The zero-order valence-corrected chi connectivity index (χ0v) is 13.7. The van der Waals surface area contributed by atoms with Gasteiger partial charge in [-0.2, -0.15) is 13.2 Å². The lowest BCUT2D eigenvalue weighted by Crippen LogP contribution is -2.50. The number of halogens is 3. The number of alkyl halides is 3. The molecule has 0 saturated carbocycles. The Kier molecular flexibility index (Phi) is 5.34. The van der Waals surface area contributed by atoms with Crippen LogP contribution in [-0.2, 0) is 11.0 Å². The Morgan fingerprint density at radius 2 is 1.91 bits per heavy atom. The topological polar surface area (TPSA) is 32.3 Å². The first-order chi connectivity index (χ1) is 10.7. The van der Waals surface area contributed by atoms with Gasteiger partial charge in [-0.1, -0.05) is 19.1 Å². The molecule has 1 aliphatic heterocycles. The van der Waals surface area contributed by atoms with Crippen molar-refractivity contribution < 1.29 is 18.0 Å². The monoisotopic (exact) mass is 328 g/mol. The number of nitrogens with zero attached hydrogens (tertiary/aromatic N) is 1. The Morgan fingerprint density at radius 1 is 1.30 bits per heavy atom. The quantitative estimate of drug-likeness (QED) is 0.919. The highest BCUT2D eigenvalue weighted by atomic mass is 19.4. The van der Waals surface area contributed by atoms with Crippen molar-refractivity contribution in [2.24, 2.45) is 5.92 Å². The summed E-state index contributed by atoms with van der Waals surface area (Å²) in [5.74, 6) is 0.399. The van der Waals surface area contributed by atoms with E-state index < -0.39 is 11.7 Å². The summed E-state index contributed by atoms with van der Waals surface area (Å²) in [6.07, 6.45) is -3.45. The third-order valence-electron chi connectivity index (χ3n) is 4.55. The third-order valence-corrected chi connectivity index (χ3v) is 4.55. The van der Waals surface area contributed by atoms with E-state index in [1.807, 2.05) is 11.8 Å². The first kappa shape index (κ1) is 17.8. The van der Waals surface area contributed by atoms with Crippen molar-refractivity contribution in [3.05, 3.63) is 35.4 Å². The fourth-order valence-corrected chi connectivity index (χ4v) is 3.06. The maximum atomic E-state index is 12.6. The Balaban J connectivity index is 1.97. The molecule has 1 aromatic rings. The van der Waals surface area contributed by atoms with Crippen molar-refractivity contribution >= 4 is 5.91 Å². The molecule has 0 aromatic heterocycles. The van der Waals surface area contributed by atoms with Gasteiger partial charge in [-0.25, -0.2) is 0 Å². The van der Waals surface area contributed by atoms with Gasteiger partial charge >= 0.3 is 6.18 Å². The summed E-state index contributed by atoms with van der Waals surface area (Å²) >= 11 is 0. The molecule has 1 aromatic carbocycles. The molecular formula is C17H23F3N2O. The highest BCUT2D eigenvalue weighted by Crippen LogP contribution is 2.30. The standard InChI is InChI=1S/C17H23F3N2O/c1-11-10-22(13(3)23)9-8-16(11)21-12(2)14-4-6-15(7-5-14)17(18,19)20/h4-7,11-12,16,21H,8-10H2,1-3H3. The predicted octanol–water partition coefficient (Wildman–Crippen LogP) is 3.61. The molecule has 3 nitrogen and oxygen atoms in total. The summed E-state index contributed by atoms with van der Waals surface area (Å²) < 4.78 is 37.8. The van der Waals surface area contributed by atoms with E-state index in [4.69, 9.17) is 0 Å². The van der Waals surface area contributed by atoms with Gasteiger partial charge in [0.25, 0.3) is 0 Å². The fraction of sp³-hybridized carbons (Fsp3) is 0.588. The van der Waals surface area contributed by atoms with E-state index >= 15 is 0 Å². The average Bonchev–Trinajstić information content (AvgIpc) is 2.48. The minimum absolute atomic E-state index is 0.0337. The molecule has 1 heterocycles. The molecule has 6 heteroatoms. The number of likely N-dealkylation sites (tertiary alicyclic amines) is 1. The number of hydrogen-bond acceptors (Lipinski definition) is 2. The SMILES string of the molecule is CC(=O)N1CCC(NC(C)c2ccc(C(F)(F)F)cc2)C(C)C1. The van der Waals surface area contributed by atoms with Gasteiger partial charge in [-0.05, 0) is 37.0 Å². The lowest BCUT2D eigenvalue weighted by Gasteiger charge is -2.38. The number of piperidine rings is 1. The van der Waals surface area contributed by atoms with Gasteiger partial charge in [0.15, 0.2) is 0 Å². The number of nitrogens with one attached hydrogen (secondary N) is 1. The van der Waals surface area contributed by atoms with E-state index in [-0.39, 0.29) is 18.0 Å². The Labute approximate surface area is 134 Å². The number of rotatable bonds is 3. The van der Waals surface area contributed by atoms with Crippen LogP contribution < -0.4 is 5.32 Å². The van der Waals surface area contributed by atoms with E-state index in [0.717, 1.165) is 30.7 Å². The Hall–Kier alpha value is -1.56. The number of amides is 1. The van der Waals surface area contributed by atoms with Crippen LogP contribution in [0.3, 0.4) is 0 Å². The second-order valence-electron chi connectivity index (χ2n) is 6.35. The maximum absolute atomic E-state index is 12.6. The second kappa shape index (κ2) is 6.91. The Bertz CT molecular complexity index is 542. The molecule has 0 bridgehead atoms. The molecule has 0 aliphatic carbocycles. The normalized spacial score (nSPS) is 23.7. The molecule has 1 aliphatic rings. The summed E-state index contributed by atoms with van der Waals surface area (Å²) in [6.45, 7) is 7.05. The van der Waals surface area contributed by atoms with Crippen molar-refractivity contribution in [3.8, 4) is 0 Å². The van der Waals surface area contributed by atoms with Crippen LogP contribution >= 0.6 is 0 Å². The van der Waals surface area contributed by atoms with Crippen molar-refractivity contribution in [2.75, 3.05) is 13.1 Å². The molecule has 0 radical (unpaired) electrons. The lowest BCUT2D eigenvalue weighted by molar-refractivity contribution is -0.137. The van der Waals surface area contributed by atoms with Crippen LogP contribution in [0.2, 0.25) is 0 Å². The van der Waals surface area contributed by atoms with E-state index in [9.17, 15) is 18.0 Å². The zero-order chi connectivity index (χ0) is 17.2. The molecular weight excluding hydrogens is 305 g/mol. The number of benzene rings is 1. The largest absolute Gasteiger partial charge is 0.416 e. The molecule has 3 atom stereocenters. The summed E-state index contributed by atoms with van der Waals surface area (Å²) in [4.78, 5) is 13.3. The minimum atomic E-state index is -4.30. The van der Waals surface area contributed by atoms with E-state index in [1.54, 1.807) is 6.92 Å². The van der Waals surface area contributed by atoms with Gasteiger partial charge in [0.2, 0.25) is 5.91 Å². The van der Waals surface area contributed by atoms with Crippen LogP contribution in [0.1, 0.15) is 44.4 Å². The average molecular weight is 328 g/mol. The van der Waals surface area contributed by atoms with E-state index in [0.29, 0.717) is 12.5 Å². The molecule has 1 fully saturated rings. The van der Waals surface area contributed by atoms with Crippen LogP contribution in [0.15, 0.2) is 24.3 Å². The lowest BCUT2D eigenvalue weighted by atomic mass is 9.92. The summed E-state index contributed by atoms with van der Waals surface area (Å²) in [7, 11) is 0. The molecule has 128 valence electrons. The van der Waals surface area contributed by atoms with Crippen LogP contribution in [-0.4, -0.2) is 29.9 Å². The van der Waals surface area contributed by atoms with E-state index in [2.05, 4.69) is 12.2 Å². The van der Waals surface area contributed by atoms with Crippen LogP contribution in [0.25, 0.3) is 0 Å². The van der Waals surface area contributed by atoms with Gasteiger partial charge in [0.1, 0.15) is 0 Å². The molecule has 23 heavy (non-hydrogen) atoms. The molecule has 0 spiro atoms. The molecule has 2 rings (SSSR count). The van der Waals surface area contributed by atoms with Crippen molar-refractivity contribution in [1.82, 2.24) is 10.2 Å². The Morgan fingerprint density at radius 3 is 2.39 bits per heavy atom. The minimum Gasteiger partial charge on any atom is -0.343 e. The first-order valence-electron chi connectivity index (χ1n) is 7.87.